The molecule has 1 atom stereocenters. The van der Waals surface area contributed by atoms with Gasteiger partial charge in [-0.05, 0) is 37.1 Å². The third-order valence-corrected chi connectivity index (χ3v) is 5.71. The van der Waals surface area contributed by atoms with Crippen LogP contribution in [0, 0.1) is 5.41 Å². The lowest BCUT2D eigenvalue weighted by atomic mass is 9.85. The van der Waals surface area contributed by atoms with Gasteiger partial charge in [0.1, 0.15) is 5.75 Å². The van der Waals surface area contributed by atoms with Crippen LogP contribution in [0.25, 0.3) is 0 Å². The van der Waals surface area contributed by atoms with E-state index in [-0.39, 0.29) is 5.41 Å². The fourth-order valence-corrected chi connectivity index (χ4v) is 4.32. The van der Waals surface area contributed by atoms with E-state index in [2.05, 4.69) is 22.3 Å². The molecule has 2 aliphatic heterocycles. The Morgan fingerprint density at radius 3 is 2.81 bits per heavy atom. The largest absolute Gasteiger partial charge is 0.497 e. The molecule has 0 saturated carbocycles. The van der Waals surface area contributed by atoms with Crippen molar-refractivity contribution < 1.29 is 9.53 Å². The first-order chi connectivity index (χ1) is 12.6. The van der Waals surface area contributed by atoms with Crippen LogP contribution >= 0.6 is 0 Å². The van der Waals surface area contributed by atoms with Crippen LogP contribution < -0.4 is 4.74 Å². The van der Waals surface area contributed by atoms with Gasteiger partial charge in [-0.3, -0.25) is 14.4 Å². The van der Waals surface area contributed by atoms with E-state index in [4.69, 9.17) is 4.74 Å². The molecule has 0 aliphatic carbocycles. The lowest BCUT2D eigenvalue weighted by molar-refractivity contribution is -0.136. The molecule has 0 unspecified atom stereocenters. The summed E-state index contributed by atoms with van der Waals surface area (Å²) in [5.41, 5.74) is 2.14. The normalized spacial score (nSPS) is 23.3. The third-order valence-electron chi connectivity index (χ3n) is 5.71. The van der Waals surface area contributed by atoms with Gasteiger partial charge in [-0.15, -0.1) is 0 Å². The van der Waals surface area contributed by atoms with Crippen molar-refractivity contribution in [3.05, 3.63) is 47.8 Å². The first-order valence-corrected chi connectivity index (χ1v) is 9.20. The second-order valence-electron chi connectivity index (χ2n) is 7.59. The topological polar surface area (TPSA) is 50.6 Å². The molecule has 0 radical (unpaired) electrons. The highest BCUT2D eigenvalue weighted by Gasteiger charge is 2.50. The molecular formula is C20H26N4O2. The van der Waals surface area contributed by atoms with E-state index in [9.17, 15) is 4.79 Å². The van der Waals surface area contributed by atoms with Crippen LogP contribution in [0.5, 0.6) is 5.75 Å². The highest BCUT2D eigenvalue weighted by molar-refractivity contribution is 5.85. The standard InChI is InChI=1S/C20H26N4O2/c1-22-12-17(11-21-22)13-23-8-6-20(15-23)7-9-24(19(20)25)14-16-4-3-5-18(10-16)26-2/h3-5,10-12H,6-9,13-15H2,1-2H3/t20-/m0/s1. The van der Waals surface area contributed by atoms with Gasteiger partial charge in [-0.2, -0.15) is 5.10 Å². The first kappa shape index (κ1) is 17.1. The molecule has 1 aromatic carbocycles. The Bertz CT molecular complexity index is 803. The van der Waals surface area contributed by atoms with Crippen LogP contribution in [0.2, 0.25) is 0 Å². The van der Waals surface area contributed by atoms with Crippen molar-refractivity contribution in [2.24, 2.45) is 12.5 Å². The molecule has 1 amide bonds. The maximum absolute atomic E-state index is 13.1. The number of hydrogen-bond acceptors (Lipinski definition) is 4. The van der Waals surface area contributed by atoms with E-state index in [1.165, 1.54) is 5.56 Å². The molecule has 26 heavy (non-hydrogen) atoms. The molecule has 6 heteroatoms. The van der Waals surface area contributed by atoms with E-state index in [1.807, 2.05) is 41.0 Å². The molecule has 2 aromatic rings. The molecule has 0 N–H and O–H groups in total. The third kappa shape index (κ3) is 3.21. The van der Waals surface area contributed by atoms with Crippen molar-refractivity contribution in [1.29, 1.82) is 0 Å². The predicted octanol–water partition coefficient (Wildman–Crippen LogP) is 2.05. The van der Waals surface area contributed by atoms with Gasteiger partial charge in [0.05, 0.1) is 18.7 Å². The number of likely N-dealkylation sites (tertiary alicyclic amines) is 2. The average molecular weight is 354 g/mol. The summed E-state index contributed by atoms with van der Waals surface area (Å²) in [6.45, 7) is 4.22. The Labute approximate surface area is 154 Å². The minimum Gasteiger partial charge on any atom is -0.497 e. The summed E-state index contributed by atoms with van der Waals surface area (Å²) in [6, 6.07) is 7.99. The van der Waals surface area contributed by atoms with E-state index >= 15 is 0 Å². The number of hydrogen-bond donors (Lipinski definition) is 0. The van der Waals surface area contributed by atoms with Gasteiger partial charge >= 0.3 is 0 Å². The van der Waals surface area contributed by atoms with Crippen LogP contribution in [-0.2, 0) is 24.9 Å². The fraction of sp³-hybridized carbons (Fsp3) is 0.500. The lowest BCUT2D eigenvalue weighted by Gasteiger charge is -2.24. The molecule has 1 aromatic heterocycles. The fourth-order valence-electron chi connectivity index (χ4n) is 4.32. The molecule has 2 fully saturated rings. The number of rotatable bonds is 5. The Morgan fingerprint density at radius 1 is 1.19 bits per heavy atom. The molecular weight excluding hydrogens is 328 g/mol. The first-order valence-electron chi connectivity index (χ1n) is 9.20. The molecule has 138 valence electrons. The van der Waals surface area contributed by atoms with Crippen LogP contribution in [0.3, 0.4) is 0 Å². The number of amides is 1. The van der Waals surface area contributed by atoms with Crippen LogP contribution in [0.4, 0.5) is 0 Å². The van der Waals surface area contributed by atoms with Crippen molar-refractivity contribution in [1.82, 2.24) is 19.6 Å². The zero-order valence-corrected chi connectivity index (χ0v) is 15.5. The smallest absolute Gasteiger partial charge is 0.230 e. The number of aromatic nitrogens is 2. The second-order valence-corrected chi connectivity index (χ2v) is 7.59. The second kappa shape index (κ2) is 6.76. The number of aryl methyl sites for hydroxylation is 1. The molecule has 2 aliphatic rings. The Balaban J connectivity index is 1.40. The summed E-state index contributed by atoms with van der Waals surface area (Å²) in [6.07, 6.45) is 5.88. The van der Waals surface area contributed by atoms with Gasteiger partial charge in [-0.25, -0.2) is 0 Å². The van der Waals surface area contributed by atoms with Crippen molar-refractivity contribution in [3.63, 3.8) is 0 Å². The van der Waals surface area contributed by atoms with Crippen LogP contribution in [0.15, 0.2) is 36.7 Å². The molecule has 4 rings (SSSR count). The predicted molar refractivity (Wildman–Crippen MR) is 98.6 cm³/mol. The van der Waals surface area contributed by atoms with Gasteiger partial charge in [0.2, 0.25) is 5.91 Å². The van der Waals surface area contributed by atoms with Gasteiger partial charge in [0.25, 0.3) is 0 Å². The van der Waals surface area contributed by atoms with Crippen molar-refractivity contribution in [2.45, 2.75) is 25.9 Å². The van der Waals surface area contributed by atoms with E-state index in [0.29, 0.717) is 12.5 Å². The van der Waals surface area contributed by atoms with Crippen molar-refractivity contribution >= 4 is 5.91 Å². The van der Waals surface area contributed by atoms with Gasteiger partial charge < -0.3 is 9.64 Å². The Kier molecular flexibility index (Phi) is 4.44. The van der Waals surface area contributed by atoms with E-state index < -0.39 is 0 Å². The summed E-state index contributed by atoms with van der Waals surface area (Å²) in [5.74, 6) is 1.15. The molecule has 0 bridgehead atoms. The number of ether oxygens (including phenoxy) is 1. The molecule has 6 nitrogen and oxygen atoms in total. The number of benzene rings is 1. The highest BCUT2D eigenvalue weighted by atomic mass is 16.5. The van der Waals surface area contributed by atoms with Crippen molar-refractivity contribution in [3.8, 4) is 5.75 Å². The Hall–Kier alpha value is -2.34. The van der Waals surface area contributed by atoms with Gasteiger partial charge in [0, 0.05) is 45.0 Å². The number of carbonyl (C=O) groups excluding carboxylic acids is 1. The Morgan fingerprint density at radius 2 is 2.04 bits per heavy atom. The highest BCUT2D eigenvalue weighted by Crippen LogP contribution is 2.41. The van der Waals surface area contributed by atoms with E-state index in [1.54, 1.807) is 7.11 Å². The quantitative estimate of drug-likeness (QED) is 0.825. The molecule has 1 spiro atoms. The summed E-state index contributed by atoms with van der Waals surface area (Å²) >= 11 is 0. The average Bonchev–Trinajstić information content (AvgIpc) is 3.32. The van der Waals surface area contributed by atoms with Crippen molar-refractivity contribution in [2.75, 3.05) is 26.7 Å². The van der Waals surface area contributed by atoms with Crippen LogP contribution in [0.1, 0.15) is 24.0 Å². The summed E-state index contributed by atoms with van der Waals surface area (Å²) in [7, 11) is 3.61. The maximum atomic E-state index is 13.1. The summed E-state index contributed by atoms with van der Waals surface area (Å²) in [4.78, 5) is 17.6. The number of carbonyl (C=O) groups is 1. The zero-order chi connectivity index (χ0) is 18.1. The minimum atomic E-state index is -0.193. The monoisotopic (exact) mass is 354 g/mol. The number of methoxy groups -OCH3 is 1. The zero-order valence-electron chi connectivity index (χ0n) is 15.5. The molecule has 3 heterocycles. The minimum absolute atomic E-state index is 0.193. The van der Waals surface area contributed by atoms with Gasteiger partial charge in [-0.1, -0.05) is 12.1 Å². The molecule has 2 saturated heterocycles. The summed E-state index contributed by atoms with van der Waals surface area (Å²) < 4.78 is 7.13. The summed E-state index contributed by atoms with van der Waals surface area (Å²) in [5, 5.41) is 4.24. The number of nitrogens with zero attached hydrogens (tertiary/aromatic N) is 4. The van der Waals surface area contributed by atoms with E-state index in [0.717, 1.165) is 50.3 Å². The van der Waals surface area contributed by atoms with Crippen LogP contribution in [-0.4, -0.2) is 52.2 Å². The maximum Gasteiger partial charge on any atom is 0.230 e. The van der Waals surface area contributed by atoms with Gasteiger partial charge in [0.15, 0.2) is 0 Å². The lowest BCUT2D eigenvalue weighted by Crippen LogP contribution is -2.36. The SMILES string of the molecule is COc1cccc(CN2CC[C@]3(CCN(Cc4cnn(C)c4)C3)C2=O)c1.